The van der Waals surface area contributed by atoms with E-state index in [-0.39, 0.29) is 17.8 Å². The normalized spacial score (nSPS) is 36.9. The summed E-state index contributed by atoms with van der Waals surface area (Å²) in [6.45, 7) is 7.28. The second-order valence-electron chi connectivity index (χ2n) is 4.97. The van der Waals surface area contributed by atoms with E-state index in [1.165, 1.54) is 0 Å². The van der Waals surface area contributed by atoms with Gasteiger partial charge in [0.2, 0.25) is 0 Å². The number of carboxylic acids is 1. The van der Waals surface area contributed by atoms with Crippen LogP contribution in [0, 0.1) is 17.8 Å². The van der Waals surface area contributed by atoms with Gasteiger partial charge in [0.25, 0.3) is 0 Å². The van der Waals surface area contributed by atoms with E-state index in [9.17, 15) is 9.90 Å². The Morgan fingerprint density at radius 2 is 1.87 bits per heavy atom. The minimum Gasteiger partial charge on any atom is -0.481 e. The van der Waals surface area contributed by atoms with E-state index in [1.807, 2.05) is 0 Å². The summed E-state index contributed by atoms with van der Waals surface area (Å²) in [7, 11) is 0. The molecule has 2 rings (SSSR count). The van der Waals surface area contributed by atoms with E-state index in [4.69, 9.17) is 4.74 Å². The Labute approximate surface area is 90.2 Å². The maximum Gasteiger partial charge on any atom is 0.307 e. The Morgan fingerprint density at radius 3 is 2.27 bits per heavy atom. The van der Waals surface area contributed by atoms with Crippen molar-refractivity contribution in [2.24, 2.45) is 17.8 Å². The maximum atomic E-state index is 11.2. The molecule has 15 heavy (non-hydrogen) atoms. The van der Waals surface area contributed by atoms with Crippen LogP contribution in [0.3, 0.4) is 0 Å². The quantitative estimate of drug-likeness (QED) is 0.732. The molecule has 4 heteroatoms. The molecule has 1 N–H and O–H groups in total. The van der Waals surface area contributed by atoms with Gasteiger partial charge in [0.15, 0.2) is 0 Å². The second kappa shape index (κ2) is 4.10. The Bertz CT molecular complexity index is 240. The molecule has 0 spiro atoms. The first-order valence-electron chi connectivity index (χ1n) is 5.64. The summed E-state index contributed by atoms with van der Waals surface area (Å²) in [5, 5.41) is 9.19. The third-order valence-corrected chi connectivity index (χ3v) is 3.63. The Morgan fingerprint density at radius 1 is 1.33 bits per heavy atom. The van der Waals surface area contributed by atoms with Crippen LogP contribution < -0.4 is 0 Å². The first-order chi connectivity index (χ1) is 7.09. The molecule has 2 unspecified atom stereocenters. The average molecular weight is 213 g/mol. The molecule has 0 aliphatic carbocycles. The first-order valence-corrected chi connectivity index (χ1v) is 5.64. The van der Waals surface area contributed by atoms with Gasteiger partial charge in [-0.1, -0.05) is 0 Å². The Balaban J connectivity index is 2.11. The van der Waals surface area contributed by atoms with Crippen LogP contribution in [0.1, 0.15) is 13.8 Å². The van der Waals surface area contributed by atoms with E-state index in [2.05, 4.69) is 18.7 Å². The molecule has 0 aromatic rings. The highest BCUT2D eigenvalue weighted by molar-refractivity contribution is 5.71. The highest BCUT2D eigenvalue weighted by Crippen LogP contribution is 2.34. The van der Waals surface area contributed by atoms with Crippen molar-refractivity contribution in [3.63, 3.8) is 0 Å². The molecule has 4 nitrogen and oxygen atoms in total. The minimum absolute atomic E-state index is 0.178. The number of likely N-dealkylation sites (tertiary alicyclic amines) is 1. The summed E-state index contributed by atoms with van der Waals surface area (Å²) in [4.78, 5) is 13.5. The van der Waals surface area contributed by atoms with Gasteiger partial charge in [-0.05, 0) is 13.8 Å². The molecule has 86 valence electrons. The predicted molar refractivity (Wildman–Crippen MR) is 55.6 cm³/mol. The van der Waals surface area contributed by atoms with Crippen LogP contribution >= 0.6 is 0 Å². The van der Waals surface area contributed by atoms with E-state index in [0.29, 0.717) is 19.3 Å². The van der Waals surface area contributed by atoms with Crippen molar-refractivity contribution >= 4 is 5.97 Å². The van der Waals surface area contributed by atoms with Gasteiger partial charge in [-0.2, -0.15) is 0 Å². The Hall–Kier alpha value is -0.610. The largest absolute Gasteiger partial charge is 0.481 e. The van der Waals surface area contributed by atoms with Gasteiger partial charge in [-0.3, -0.25) is 4.79 Å². The van der Waals surface area contributed by atoms with Crippen LogP contribution in [0.25, 0.3) is 0 Å². The number of hydrogen-bond donors (Lipinski definition) is 1. The van der Waals surface area contributed by atoms with Crippen LogP contribution in [0.5, 0.6) is 0 Å². The molecule has 2 bridgehead atoms. The molecular weight excluding hydrogens is 194 g/mol. The van der Waals surface area contributed by atoms with Crippen molar-refractivity contribution in [3.8, 4) is 0 Å². The molecule has 2 saturated heterocycles. The lowest BCUT2D eigenvalue weighted by Crippen LogP contribution is -2.56. The molecule has 2 heterocycles. The molecule has 0 radical (unpaired) electrons. The van der Waals surface area contributed by atoms with Crippen molar-refractivity contribution in [3.05, 3.63) is 0 Å². The zero-order valence-electron chi connectivity index (χ0n) is 9.35. The molecular formula is C11H19NO3. The highest BCUT2D eigenvalue weighted by atomic mass is 16.5. The first kappa shape index (κ1) is 10.9. The standard InChI is InChI=1S/C11H19NO3/c1-7(2)12-3-8-5-15-6-9(4-12)10(8)11(13)14/h7-10H,3-6H2,1-2H3,(H,13,14). The number of ether oxygens (including phenoxy) is 1. The van der Waals surface area contributed by atoms with Crippen molar-refractivity contribution < 1.29 is 14.6 Å². The number of carboxylic acid groups (broad SMARTS) is 1. The molecule has 0 aromatic heterocycles. The average Bonchev–Trinajstić information content (AvgIpc) is 2.15. The predicted octanol–water partition coefficient (Wildman–Crippen LogP) is 0.674. The highest BCUT2D eigenvalue weighted by Gasteiger charge is 2.44. The van der Waals surface area contributed by atoms with E-state index in [1.54, 1.807) is 0 Å². The topological polar surface area (TPSA) is 49.8 Å². The lowest BCUT2D eigenvalue weighted by molar-refractivity contribution is -0.161. The maximum absolute atomic E-state index is 11.2. The Kier molecular flexibility index (Phi) is 2.98. The summed E-state index contributed by atoms with van der Waals surface area (Å²) in [5.74, 6) is -0.472. The van der Waals surface area contributed by atoms with Crippen LogP contribution in [0.4, 0.5) is 0 Å². The fourth-order valence-corrected chi connectivity index (χ4v) is 2.80. The van der Waals surface area contributed by atoms with Gasteiger partial charge >= 0.3 is 5.97 Å². The summed E-state index contributed by atoms with van der Waals surface area (Å²) in [6.07, 6.45) is 0. The van der Waals surface area contributed by atoms with Crippen molar-refractivity contribution in [1.29, 1.82) is 0 Å². The molecule has 0 aromatic carbocycles. The molecule has 0 amide bonds. The number of fused-ring (bicyclic) bond motifs is 2. The molecule has 2 fully saturated rings. The van der Waals surface area contributed by atoms with Gasteiger partial charge < -0.3 is 14.7 Å². The van der Waals surface area contributed by atoms with Gasteiger partial charge in [0, 0.05) is 31.0 Å². The van der Waals surface area contributed by atoms with Gasteiger partial charge in [0.1, 0.15) is 0 Å². The molecule has 2 atom stereocenters. The van der Waals surface area contributed by atoms with Crippen LogP contribution in [-0.4, -0.2) is 48.3 Å². The smallest absolute Gasteiger partial charge is 0.307 e. The zero-order chi connectivity index (χ0) is 11.0. The summed E-state index contributed by atoms with van der Waals surface area (Å²) >= 11 is 0. The monoisotopic (exact) mass is 213 g/mol. The zero-order valence-corrected chi connectivity index (χ0v) is 9.35. The fourth-order valence-electron chi connectivity index (χ4n) is 2.80. The van der Waals surface area contributed by atoms with Crippen LogP contribution in [0.15, 0.2) is 0 Å². The summed E-state index contributed by atoms with van der Waals surface area (Å²) in [6, 6.07) is 0.503. The molecule has 2 aliphatic heterocycles. The third kappa shape index (κ3) is 2.01. The van der Waals surface area contributed by atoms with Crippen LogP contribution in [0.2, 0.25) is 0 Å². The fraction of sp³-hybridized carbons (Fsp3) is 0.909. The van der Waals surface area contributed by atoms with Gasteiger partial charge in [-0.15, -0.1) is 0 Å². The van der Waals surface area contributed by atoms with Crippen molar-refractivity contribution in [2.45, 2.75) is 19.9 Å². The summed E-state index contributed by atoms with van der Waals surface area (Å²) in [5.41, 5.74) is 0. The second-order valence-corrected chi connectivity index (χ2v) is 4.97. The van der Waals surface area contributed by atoms with Gasteiger partial charge in [-0.25, -0.2) is 0 Å². The molecule has 0 saturated carbocycles. The van der Waals surface area contributed by atoms with E-state index < -0.39 is 5.97 Å². The SMILES string of the molecule is CC(C)N1CC2COCC(C1)C2C(=O)O. The number of aliphatic carboxylic acids is 1. The van der Waals surface area contributed by atoms with E-state index >= 15 is 0 Å². The van der Waals surface area contributed by atoms with Gasteiger partial charge in [0.05, 0.1) is 19.1 Å². The minimum atomic E-state index is -0.642. The number of carbonyl (C=O) groups is 1. The number of rotatable bonds is 2. The summed E-state index contributed by atoms with van der Waals surface area (Å²) < 4.78 is 5.45. The third-order valence-electron chi connectivity index (χ3n) is 3.63. The van der Waals surface area contributed by atoms with E-state index in [0.717, 1.165) is 13.1 Å². The lowest BCUT2D eigenvalue weighted by Gasteiger charge is -2.46. The number of piperidine rings is 1. The van der Waals surface area contributed by atoms with Crippen molar-refractivity contribution in [2.75, 3.05) is 26.3 Å². The lowest BCUT2D eigenvalue weighted by atomic mass is 9.76. The number of nitrogens with zero attached hydrogens (tertiary/aromatic N) is 1. The molecule has 2 aliphatic rings. The van der Waals surface area contributed by atoms with Crippen molar-refractivity contribution in [1.82, 2.24) is 4.90 Å². The van der Waals surface area contributed by atoms with Crippen LogP contribution in [-0.2, 0) is 9.53 Å². The number of hydrogen-bond acceptors (Lipinski definition) is 3.